The Kier molecular flexibility index (Phi) is 1.91. The molecule has 0 atom stereocenters. The van der Waals surface area contributed by atoms with Gasteiger partial charge in [-0.1, -0.05) is 0 Å². The van der Waals surface area contributed by atoms with Crippen LogP contribution in [0.25, 0.3) is 15.8 Å². The molecule has 3 heterocycles. The Hall–Kier alpha value is -1.62. The van der Waals surface area contributed by atoms with Gasteiger partial charge in [-0.2, -0.15) is 0 Å². The maximum Gasteiger partial charge on any atom is 0.117 e. The molecule has 0 aliphatic carbocycles. The number of hydrazine groups is 1. The molecule has 4 nitrogen and oxygen atoms in total. The van der Waals surface area contributed by atoms with Gasteiger partial charge >= 0.3 is 0 Å². The van der Waals surface area contributed by atoms with Gasteiger partial charge < -0.3 is 5.43 Å². The van der Waals surface area contributed by atoms with Crippen LogP contribution in [0.1, 0.15) is 25.1 Å². The van der Waals surface area contributed by atoms with E-state index >= 15 is 0 Å². The van der Waals surface area contributed by atoms with E-state index in [2.05, 4.69) is 34.7 Å². The number of rotatable bonds is 0. The third-order valence-corrected chi connectivity index (χ3v) is 4.15. The zero-order valence-corrected chi connectivity index (χ0v) is 10.2. The number of thiophene rings is 1. The lowest BCUT2D eigenvalue weighted by atomic mass is 10.1. The van der Waals surface area contributed by atoms with E-state index < -0.39 is 0 Å². The van der Waals surface area contributed by atoms with E-state index in [1.165, 1.54) is 11.1 Å². The molecule has 5 heteroatoms. The van der Waals surface area contributed by atoms with Crippen LogP contribution in [0.3, 0.4) is 0 Å². The summed E-state index contributed by atoms with van der Waals surface area (Å²) in [6.07, 6.45) is 1.63. The minimum atomic E-state index is 1.04. The zero-order valence-electron chi connectivity index (χ0n) is 9.38. The second-order valence-electron chi connectivity index (χ2n) is 3.94. The molecule has 0 bridgehead atoms. The predicted octanol–water partition coefficient (Wildman–Crippen LogP) is 2.68. The summed E-state index contributed by atoms with van der Waals surface area (Å²) in [5.74, 6) is 0. The van der Waals surface area contributed by atoms with Gasteiger partial charge in [0.1, 0.15) is 11.3 Å². The van der Waals surface area contributed by atoms with Gasteiger partial charge in [0, 0.05) is 11.3 Å². The van der Waals surface area contributed by atoms with Gasteiger partial charge in [-0.15, -0.1) is 11.3 Å². The second-order valence-corrected chi connectivity index (χ2v) is 4.96. The highest BCUT2D eigenvalue weighted by Crippen LogP contribution is 2.41. The lowest BCUT2D eigenvalue weighted by Crippen LogP contribution is -2.23. The molecule has 1 aliphatic rings. The van der Waals surface area contributed by atoms with Gasteiger partial charge in [0.2, 0.25) is 0 Å². The highest BCUT2D eigenvalue weighted by Gasteiger charge is 2.20. The standard InChI is InChI=1S/C11H12N4S/c1-5-6(2)14-15-11-8(5)9-10(16-11)7(3)12-4-13-9/h4,14-15H,1-3H3. The first-order valence-electron chi connectivity index (χ1n) is 5.12. The lowest BCUT2D eigenvalue weighted by molar-refractivity contribution is 0.953. The average molecular weight is 232 g/mol. The molecule has 2 aromatic rings. The van der Waals surface area contributed by atoms with Gasteiger partial charge in [0.25, 0.3) is 0 Å². The third-order valence-electron chi connectivity index (χ3n) is 2.95. The van der Waals surface area contributed by atoms with E-state index in [0.29, 0.717) is 0 Å². The summed E-state index contributed by atoms with van der Waals surface area (Å²) in [5, 5.41) is 1.13. The van der Waals surface area contributed by atoms with Crippen molar-refractivity contribution in [3.05, 3.63) is 23.3 Å². The number of fused-ring (bicyclic) bond motifs is 3. The van der Waals surface area contributed by atoms with Crippen molar-refractivity contribution >= 4 is 32.1 Å². The third kappa shape index (κ3) is 1.15. The summed E-state index contributed by atoms with van der Waals surface area (Å²) < 4.78 is 1.16. The monoisotopic (exact) mass is 232 g/mol. The SMILES string of the molecule is CC1=C(C)c2c(sc3c(C)ncnc23)NN1. The van der Waals surface area contributed by atoms with Crippen LogP contribution in [0.5, 0.6) is 0 Å². The highest BCUT2D eigenvalue weighted by atomic mass is 32.1. The number of nitrogens with one attached hydrogen (secondary N) is 2. The number of nitrogens with zero attached hydrogens (tertiary/aromatic N) is 2. The molecular formula is C11H12N4S. The number of allylic oxidation sites excluding steroid dienone is 2. The molecule has 2 aromatic heterocycles. The van der Waals surface area contributed by atoms with Crippen LogP contribution in [0.15, 0.2) is 12.0 Å². The van der Waals surface area contributed by atoms with Crippen LogP contribution >= 0.6 is 11.3 Å². The molecule has 2 N–H and O–H groups in total. The number of anilines is 1. The summed E-state index contributed by atoms with van der Waals surface area (Å²) in [6, 6.07) is 0. The first kappa shape index (κ1) is 9.59. The van der Waals surface area contributed by atoms with E-state index in [9.17, 15) is 0 Å². The molecule has 0 saturated carbocycles. The van der Waals surface area contributed by atoms with Crippen LogP contribution in [-0.4, -0.2) is 9.97 Å². The largest absolute Gasteiger partial charge is 0.304 e. The van der Waals surface area contributed by atoms with Gasteiger partial charge in [-0.3, -0.25) is 5.43 Å². The Balaban J connectivity index is 2.43. The van der Waals surface area contributed by atoms with E-state index in [-0.39, 0.29) is 0 Å². The summed E-state index contributed by atoms with van der Waals surface area (Å²) in [7, 11) is 0. The molecular weight excluding hydrogens is 220 g/mol. The fraction of sp³-hybridized carbons (Fsp3) is 0.273. The Morgan fingerprint density at radius 1 is 1.12 bits per heavy atom. The van der Waals surface area contributed by atoms with Gasteiger partial charge in [0.05, 0.1) is 15.9 Å². The number of aromatic nitrogens is 2. The van der Waals surface area contributed by atoms with E-state index in [1.807, 2.05) is 6.92 Å². The van der Waals surface area contributed by atoms with Crippen LogP contribution in [-0.2, 0) is 0 Å². The maximum absolute atomic E-state index is 4.40. The minimum Gasteiger partial charge on any atom is -0.304 e. The van der Waals surface area contributed by atoms with Crippen molar-refractivity contribution in [2.24, 2.45) is 0 Å². The van der Waals surface area contributed by atoms with Gasteiger partial charge in [-0.05, 0) is 26.3 Å². The molecule has 16 heavy (non-hydrogen) atoms. The number of hydrogen-bond acceptors (Lipinski definition) is 5. The minimum absolute atomic E-state index is 1.04. The van der Waals surface area contributed by atoms with E-state index in [0.717, 1.165) is 26.6 Å². The van der Waals surface area contributed by atoms with Crippen molar-refractivity contribution in [3.8, 4) is 0 Å². The summed E-state index contributed by atoms with van der Waals surface area (Å²) >= 11 is 1.70. The van der Waals surface area contributed by atoms with Crippen molar-refractivity contribution in [2.75, 3.05) is 5.43 Å². The first-order chi connectivity index (χ1) is 7.68. The smallest absolute Gasteiger partial charge is 0.117 e. The lowest BCUT2D eigenvalue weighted by Gasteiger charge is -2.18. The summed E-state index contributed by atoms with van der Waals surface area (Å²) in [5.41, 5.74) is 12.1. The fourth-order valence-corrected chi connectivity index (χ4v) is 3.00. The molecule has 0 amide bonds. The molecule has 0 saturated heterocycles. The molecule has 82 valence electrons. The van der Waals surface area contributed by atoms with Crippen molar-refractivity contribution in [1.82, 2.24) is 15.4 Å². The topological polar surface area (TPSA) is 49.8 Å². The molecule has 0 radical (unpaired) electrons. The number of hydrogen-bond donors (Lipinski definition) is 2. The molecule has 0 spiro atoms. The normalized spacial score (nSPS) is 14.7. The van der Waals surface area contributed by atoms with E-state index in [1.54, 1.807) is 17.7 Å². The summed E-state index contributed by atoms with van der Waals surface area (Å²) in [6.45, 7) is 6.19. The fourth-order valence-electron chi connectivity index (χ4n) is 1.89. The molecule has 1 aliphatic heterocycles. The predicted molar refractivity (Wildman–Crippen MR) is 67.2 cm³/mol. The molecule has 0 aromatic carbocycles. The highest BCUT2D eigenvalue weighted by molar-refractivity contribution is 7.23. The second kappa shape index (κ2) is 3.18. The Morgan fingerprint density at radius 3 is 2.75 bits per heavy atom. The Morgan fingerprint density at radius 2 is 1.94 bits per heavy atom. The van der Waals surface area contributed by atoms with Gasteiger partial charge in [0.15, 0.2) is 0 Å². The Labute approximate surface area is 97.4 Å². The van der Waals surface area contributed by atoms with Gasteiger partial charge in [-0.25, -0.2) is 9.97 Å². The zero-order chi connectivity index (χ0) is 11.3. The maximum atomic E-state index is 4.40. The quantitative estimate of drug-likeness (QED) is 0.733. The molecule has 3 rings (SSSR count). The molecule has 0 fully saturated rings. The van der Waals surface area contributed by atoms with Crippen LogP contribution in [0, 0.1) is 6.92 Å². The average Bonchev–Trinajstić information content (AvgIpc) is 2.64. The summed E-state index contributed by atoms with van der Waals surface area (Å²) in [4.78, 5) is 8.63. The van der Waals surface area contributed by atoms with Crippen molar-refractivity contribution in [1.29, 1.82) is 0 Å². The van der Waals surface area contributed by atoms with Crippen LogP contribution in [0.4, 0.5) is 5.00 Å². The van der Waals surface area contributed by atoms with Crippen molar-refractivity contribution in [3.63, 3.8) is 0 Å². The van der Waals surface area contributed by atoms with E-state index in [4.69, 9.17) is 0 Å². The number of aryl methyl sites for hydroxylation is 1. The Bertz CT molecular complexity index is 612. The van der Waals surface area contributed by atoms with Crippen molar-refractivity contribution in [2.45, 2.75) is 20.8 Å². The van der Waals surface area contributed by atoms with Crippen molar-refractivity contribution < 1.29 is 0 Å². The molecule has 0 unspecified atom stereocenters. The first-order valence-corrected chi connectivity index (χ1v) is 5.94. The van der Waals surface area contributed by atoms with Crippen LogP contribution < -0.4 is 10.9 Å². The van der Waals surface area contributed by atoms with Crippen LogP contribution in [0.2, 0.25) is 0 Å².